The number of anilines is 1. The first-order valence-electron chi connectivity index (χ1n) is 10.7. The van der Waals surface area contributed by atoms with Crippen molar-refractivity contribution in [1.82, 2.24) is 14.7 Å². The zero-order valence-electron chi connectivity index (χ0n) is 18.6. The zero-order valence-corrected chi connectivity index (χ0v) is 18.6. The molecule has 170 valence electrons. The Morgan fingerprint density at radius 2 is 1.77 bits per heavy atom. The monoisotopic (exact) mass is 434 g/mol. The van der Waals surface area contributed by atoms with Gasteiger partial charge in [0.2, 0.25) is 0 Å². The highest BCUT2D eigenvalue weighted by Crippen LogP contribution is 2.28. The van der Waals surface area contributed by atoms with E-state index >= 15 is 0 Å². The summed E-state index contributed by atoms with van der Waals surface area (Å²) in [4.78, 5) is 2.00. The Hall–Kier alpha value is -2.54. The Balaban J connectivity index is 0.000000366. The number of rotatable bonds is 6. The maximum absolute atomic E-state index is 13.1. The standard InChI is InChI=1S/C16H19F3N4.C8H14/c17-13-3-1-12(2-4-13)14-11-21-23(15(14)20)10-9-22-7-5-16(18,19)6-8-22;1-4-5-6-7-8(2)3/h1-4,11H,5-10,20H2;5-7H,4H2,1-3H3/b;6-5-. The Labute approximate surface area is 183 Å². The summed E-state index contributed by atoms with van der Waals surface area (Å²) in [6, 6.07) is 6.06. The third-order valence-electron chi connectivity index (χ3n) is 5.05. The minimum absolute atomic E-state index is 0.0948. The average molecular weight is 435 g/mol. The third kappa shape index (κ3) is 8.25. The first-order valence-corrected chi connectivity index (χ1v) is 10.7. The van der Waals surface area contributed by atoms with Crippen molar-refractivity contribution >= 4 is 5.82 Å². The molecular weight excluding hydrogens is 401 g/mol. The summed E-state index contributed by atoms with van der Waals surface area (Å²) in [5, 5.41) is 4.25. The van der Waals surface area contributed by atoms with E-state index in [9.17, 15) is 13.2 Å². The number of likely N-dealkylation sites (tertiary alicyclic amines) is 1. The molecule has 7 heteroatoms. The van der Waals surface area contributed by atoms with Crippen LogP contribution in [0.1, 0.15) is 40.0 Å². The van der Waals surface area contributed by atoms with Gasteiger partial charge in [-0.1, -0.05) is 42.9 Å². The number of alkyl halides is 2. The molecule has 0 unspecified atom stereocenters. The molecule has 1 saturated heterocycles. The quantitative estimate of drug-likeness (QED) is 0.574. The van der Waals surface area contributed by atoms with Crippen LogP contribution >= 0.6 is 0 Å². The number of nitrogens with two attached hydrogens (primary N) is 1. The van der Waals surface area contributed by atoms with Crippen molar-refractivity contribution < 1.29 is 13.2 Å². The number of allylic oxidation sites excluding steroid dienone is 4. The molecule has 0 amide bonds. The fourth-order valence-electron chi connectivity index (χ4n) is 3.16. The molecular formula is C24H33F3N4. The van der Waals surface area contributed by atoms with Crippen LogP contribution in [-0.2, 0) is 6.54 Å². The Morgan fingerprint density at radius 3 is 2.35 bits per heavy atom. The number of hydrogen-bond donors (Lipinski definition) is 1. The number of halogens is 3. The van der Waals surface area contributed by atoms with E-state index in [2.05, 4.69) is 44.1 Å². The van der Waals surface area contributed by atoms with Crippen molar-refractivity contribution in [3.05, 3.63) is 60.1 Å². The molecule has 1 aromatic carbocycles. The zero-order chi connectivity index (χ0) is 22.9. The lowest BCUT2D eigenvalue weighted by atomic mass is 10.1. The van der Waals surface area contributed by atoms with Crippen molar-refractivity contribution in [3.8, 4) is 11.1 Å². The van der Waals surface area contributed by atoms with Crippen molar-refractivity contribution in [2.24, 2.45) is 0 Å². The van der Waals surface area contributed by atoms with Gasteiger partial charge in [-0.25, -0.2) is 17.9 Å². The highest BCUT2D eigenvalue weighted by molar-refractivity contribution is 5.73. The molecule has 1 aliphatic rings. The molecule has 1 aliphatic heterocycles. The molecule has 2 aromatic rings. The minimum atomic E-state index is -2.53. The van der Waals surface area contributed by atoms with E-state index in [1.54, 1.807) is 23.0 Å². The van der Waals surface area contributed by atoms with Gasteiger partial charge in [-0.3, -0.25) is 0 Å². The van der Waals surface area contributed by atoms with Crippen LogP contribution in [0, 0.1) is 5.82 Å². The van der Waals surface area contributed by atoms with E-state index in [0.717, 1.165) is 17.5 Å². The van der Waals surface area contributed by atoms with Gasteiger partial charge >= 0.3 is 0 Å². The van der Waals surface area contributed by atoms with E-state index in [1.807, 2.05) is 4.90 Å². The second-order valence-corrected chi connectivity index (χ2v) is 7.95. The average Bonchev–Trinajstić information content (AvgIpc) is 3.09. The van der Waals surface area contributed by atoms with Gasteiger partial charge in [0.05, 0.1) is 12.7 Å². The lowest BCUT2D eigenvalue weighted by Gasteiger charge is -2.31. The van der Waals surface area contributed by atoms with Crippen molar-refractivity contribution in [3.63, 3.8) is 0 Å². The predicted octanol–water partition coefficient (Wildman–Crippen LogP) is 5.92. The summed E-state index contributed by atoms with van der Waals surface area (Å²) >= 11 is 0. The Bertz CT molecular complexity index is 855. The molecule has 0 atom stereocenters. The number of benzene rings is 1. The van der Waals surface area contributed by atoms with E-state index in [-0.39, 0.29) is 18.7 Å². The summed E-state index contributed by atoms with van der Waals surface area (Å²) in [5.41, 5.74) is 9.00. The van der Waals surface area contributed by atoms with Crippen molar-refractivity contribution in [2.45, 2.75) is 52.5 Å². The molecule has 1 fully saturated rings. The maximum atomic E-state index is 13.1. The van der Waals surface area contributed by atoms with E-state index in [4.69, 9.17) is 5.73 Å². The molecule has 0 spiro atoms. The summed E-state index contributed by atoms with van der Waals surface area (Å²) < 4.78 is 40.9. The smallest absolute Gasteiger partial charge is 0.250 e. The maximum Gasteiger partial charge on any atom is 0.250 e. The van der Waals surface area contributed by atoms with Crippen LogP contribution in [0.4, 0.5) is 19.0 Å². The van der Waals surface area contributed by atoms with E-state index in [1.165, 1.54) is 17.7 Å². The molecule has 0 bridgehead atoms. The van der Waals surface area contributed by atoms with Crippen LogP contribution in [0.3, 0.4) is 0 Å². The number of piperidine rings is 1. The van der Waals surface area contributed by atoms with Gasteiger partial charge in [-0.05, 0) is 38.0 Å². The van der Waals surface area contributed by atoms with E-state index in [0.29, 0.717) is 32.0 Å². The lowest BCUT2D eigenvalue weighted by molar-refractivity contribution is -0.0555. The van der Waals surface area contributed by atoms with Crippen molar-refractivity contribution in [2.75, 3.05) is 25.4 Å². The normalized spacial score (nSPS) is 16.1. The molecule has 31 heavy (non-hydrogen) atoms. The van der Waals surface area contributed by atoms with Gasteiger partial charge in [-0.15, -0.1) is 0 Å². The molecule has 1 aromatic heterocycles. The molecule has 2 N–H and O–H groups in total. The molecule has 4 nitrogen and oxygen atoms in total. The SMILES string of the molecule is CC/C=C\C=C(C)C.Nc1c(-c2ccc(F)cc2)cnn1CCN1CCC(F)(F)CC1. The van der Waals surface area contributed by atoms with Crippen LogP contribution < -0.4 is 5.73 Å². The van der Waals surface area contributed by atoms with E-state index < -0.39 is 5.92 Å². The van der Waals surface area contributed by atoms with Gasteiger partial charge in [0.25, 0.3) is 5.92 Å². The Kier molecular flexibility index (Phi) is 9.37. The fourth-order valence-corrected chi connectivity index (χ4v) is 3.16. The van der Waals surface area contributed by atoms with Crippen LogP contribution in [0.15, 0.2) is 54.3 Å². The fraction of sp³-hybridized carbons (Fsp3) is 0.458. The third-order valence-corrected chi connectivity index (χ3v) is 5.05. The topological polar surface area (TPSA) is 47.1 Å². The molecule has 0 radical (unpaired) electrons. The largest absolute Gasteiger partial charge is 0.383 e. The van der Waals surface area contributed by atoms with Gasteiger partial charge in [0.1, 0.15) is 11.6 Å². The molecule has 0 aliphatic carbocycles. The first-order chi connectivity index (χ1) is 14.7. The number of aromatic nitrogens is 2. The van der Waals surface area contributed by atoms with Crippen LogP contribution in [0.25, 0.3) is 11.1 Å². The molecule has 2 heterocycles. The van der Waals surface area contributed by atoms with Crippen LogP contribution in [-0.4, -0.2) is 40.2 Å². The number of nitrogen functional groups attached to an aromatic ring is 1. The highest BCUT2D eigenvalue weighted by Gasteiger charge is 2.33. The van der Waals surface area contributed by atoms with Gasteiger partial charge in [0, 0.05) is 38.0 Å². The molecule has 3 rings (SSSR count). The van der Waals surface area contributed by atoms with Gasteiger partial charge in [0.15, 0.2) is 0 Å². The first kappa shape index (κ1) is 24.7. The minimum Gasteiger partial charge on any atom is -0.383 e. The summed E-state index contributed by atoms with van der Waals surface area (Å²) in [7, 11) is 0. The predicted molar refractivity (Wildman–Crippen MR) is 122 cm³/mol. The summed E-state index contributed by atoms with van der Waals surface area (Å²) in [5.74, 6) is -2.34. The summed E-state index contributed by atoms with van der Waals surface area (Å²) in [6.45, 7) is 8.27. The van der Waals surface area contributed by atoms with Gasteiger partial charge < -0.3 is 10.6 Å². The second kappa shape index (κ2) is 11.7. The lowest BCUT2D eigenvalue weighted by Crippen LogP contribution is -2.40. The summed E-state index contributed by atoms with van der Waals surface area (Å²) in [6.07, 6.45) is 8.94. The van der Waals surface area contributed by atoms with Crippen LogP contribution in [0.5, 0.6) is 0 Å². The van der Waals surface area contributed by atoms with Gasteiger partial charge in [-0.2, -0.15) is 5.10 Å². The number of hydrogen-bond acceptors (Lipinski definition) is 3. The highest BCUT2D eigenvalue weighted by atomic mass is 19.3. The number of nitrogens with zero attached hydrogens (tertiary/aromatic N) is 3. The van der Waals surface area contributed by atoms with Crippen LogP contribution in [0.2, 0.25) is 0 Å². The molecule has 0 saturated carbocycles. The van der Waals surface area contributed by atoms with Crippen molar-refractivity contribution in [1.29, 1.82) is 0 Å². The second-order valence-electron chi connectivity index (χ2n) is 7.95. The Morgan fingerprint density at radius 1 is 1.13 bits per heavy atom.